The van der Waals surface area contributed by atoms with E-state index >= 15 is 0 Å². The number of hydrogen-bond acceptors (Lipinski definition) is 6. The van der Waals surface area contributed by atoms with Gasteiger partial charge in [0, 0.05) is 36.7 Å². The highest BCUT2D eigenvalue weighted by molar-refractivity contribution is 5.34. The zero-order valence-corrected chi connectivity index (χ0v) is 16.5. The molecule has 4 rings (SSSR count). The van der Waals surface area contributed by atoms with Crippen molar-refractivity contribution in [3.05, 3.63) is 73.1 Å². The molecule has 0 amide bonds. The molecule has 0 fully saturated rings. The Hall–Kier alpha value is -3.42. The van der Waals surface area contributed by atoms with Gasteiger partial charge in [0.1, 0.15) is 12.0 Å². The predicted octanol–water partition coefficient (Wildman–Crippen LogP) is 3.57. The standard InChI is InChI=1S/2C10H12N4/c1-8(2)9-4-6-11-10(13-9)14-7-3-5-12-14;1-8(2)10-9(6-11-7-12-10)14-5-3-4-13-14/h2*3-8H,1-2H3. The van der Waals surface area contributed by atoms with Crippen LogP contribution in [-0.2, 0) is 0 Å². The van der Waals surface area contributed by atoms with E-state index in [1.807, 2.05) is 30.6 Å². The van der Waals surface area contributed by atoms with Crippen LogP contribution in [0.1, 0.15) is 50.9 Å². The third kappa shape index (κ3) is 4.64. The van der Waals surface area contributed by atoms with Crippen molar-refractivity contribution in [2.75, 3.05) is 0 Å². The van der Waals surface area contributed by atoms with Crippen molar-refractivity contribution in [2.24, 2.45) is 0 Å². The molecule has 4 aromatic heterocycles. The molecule has 0 saturated heterocycles. The van der Waals surface area contributed by atoms with Gasteiger partial charge in [-0.3, -0.25) is 0 Å². The molecule has 4 aromatic rings. The second kappa shape index (κ2) is 8.98. The fraction of sp³-hybridized carbons (Fsp3) is 0.300. The van der Waals surface area contributed by atoms with Crippen molar-refractivity contribution < 1.29 is 0 Å². The lowest BCUT2D eigenvalue weighted by Crippen LogP contribution is -2.04. The summed E-state index contributed by atoms with van der Waals surface area (Å²) < 4.78 is 3.45. The summed E-state index contributed by atoms with van der Waals surface area (Å²) in [5, 5.41) is 8.24. The average Bonchev–Trinajstić information content (AvgIpc) is 3.42. The van der Waals surface area contributed by atoms with Gasteiger partial charge in [0.25, 0.3) is 5.95 Å². The van der Waals surface area contributed by atoms with Crippen molar-refractivity contribution in [3.8, 4) is 11.6 Å². The second-order valence-corrected chi connectivity index (χ2v) is 6.79. The van der Waals surface area contributed by atoms with E-state index in [9.17, 15) is 0 Å². The van der Waals surface area contributed by atoms with Crippen LogP contribution in [0.3, 0.4) is 0 Å². The maximum atomic E-state index is 4.40. The smallest absolute Gasteiger partial charge is 0.243 e. The van der Waals surface area contributed by atoms with Crippen molar-refractivity contribution in [3.63, 3.8) is 0 Å². The van der Waals surface area contributed by atoms with Crippen LogP contribution in [0.15, 0.2) is 61.7 Å². The first-order valence-corrected chi connectivity index (χ1v) is 9.19. The molecule has 0 aliphatic rings. The van der Waals surface area contributed by atoms with E-state index in [1.165, 1.54) is 0 Å². The van der Waals surface area contributed by atoms with E-state index in [-0.39, 0.29) is 0 Å². The summed E-state index contributed by atoms with van der Waals surface area (Å²) in [6.07, 6.45) is 12.3. The molecule has 0 saturated carbocycles. The lowest BCUT2D eigenvalue weighted by molar-refractivity contribution is 0.757. The second-order valence-electron chi connectivity index (χ2n) is 6.79. The van der Waals surface area contributed by atoms with Gasteiger partial charge in [0.05, 0.1) is 11.9 Å². The van der Waals surface area contributed by atoms with Crippen LogP contribution in [0.5, 0.6) is 0 Å². The van der Waals surface area contributed by atoms with E-state index in [4.69, 9.17) is 0 Å². The van der Waals surface area contributed by atoms with Crippen molar-refractivity contribution in [1.82, 2.24) is 39.5 Å². The minimum atomic E-state index is 0.372. The number of aromatic nitrogens is 8. The van der Waals surface area contributed by atoms with Crippen LogP contribution in [0, 0.1) is 0 Å². The molecule has 28 heavy (non-hydrogen) atoms. The van der Waals surface area contributed by atoms with Crippen LogP contribution >= 0.6 is 0 Å². The Bertz CT molecular complexity index is 975. The van der Waals surface area contributed by atoms with E-state index in [1.54, 1.807) is 40.5 Å². The summed E-state index contributed by atoms with van der Waals surface area (Å²) in [5.74, 6) is 1.41. The van der Waals surface area contributed by atoms with Crippen LogP contribution in [0.4, 0.5) is 0 Å². The van der Waals surface area contributed by atoms with Gasteiger partial charge in [-0.05, 0) is 30.0 Å². The summed E-state index contributed by atoms with van der Waals surface area (Å²) in [4.78, 5) is 16.8. The van der Waals surface area contributed by atoms with Crippen LogP contribution in [-0.4, -0.2) is 39.5 Å². The minimum absolute atomic E-state index is 0.372. The van der Waals surface area contributed by atoms with E-state index in [0.717, 1.165) is 17.1 Å². The van der Waals surface area contributed by atoms with E-state index in [0.29, 0.717) is 17.8 Å². The number of nitrogens with zero attached hydrogens (tertiary/aromatic N) is 8. The summed E-state index contributed by atoms with van der Waals surface area (Å²) in [6.45, 7) is 8.43. The first-order chi connectivity index (χ1) is 13.6. The van der Waals surface area contributed by atoms with Gasteiger partial charge >= 0.3 is 0 Å². The Morgan fingerprint density at radius 3 is 2.14 bits per heavy atom. The number of rotatable bonds is 4. The lowest BCUT2D eigenvalue weighted by Gasteiger charge is -2.09. The normalized spacial score (nSPS) is 10.8. The molecule has 0 unspecified atom stereocenters. The molecule has 0 aliphatic heterocycles. The monoisotopic (exact) mass is 376 g/mol. The Kier molecular flexibility index (Phi) is 6.21. The summed E-state index contributed by atoms with van der Waals surface area (Å²) in [5.41, 5.74) is 3.00. The van der Waals surface area contributed by atoms with Crippen molar-refractivity contribution in [2.45, 2.75) is 39.5 Å². The summed E-state index contributed by atoms with van der Waals surface area (Å²) >= 11 is 0. The van der Waals surface area contributed by atoms with Gasteiger partial charge in [-0.25, -0.2) is 29.3 Å². The molecule has 0 bridgehead atoms. The molecule has 0 aromatic carbocycles. The third-order valence-corrected chi connectivity index (χ3v) is 3.99. The lowest BCUT2D eigenvalue weighted by atomic mass is 10.1. The molecule has 0 atom stereocenters. The van der Waals surface area contributed by atoms with Crippen molar-refractivity contribution in [1.29, 1.82) is 0 Å². The molecular formula is C20H24N8. The van der Waals surface area contributed by atoms with Crippen LogP contribution in [0.25, 0.3) is 11.6 Å². The van der Waals surface area contributed by atoms with Gasteiger partial charge in [0.15, 0.2) is 0 Å². The highest BCUT2D eigenvalue weighted by Gasteiger charge is 2.09. The van der Waals surface area contributed by atoms with Gasteiger partial charge in [-0.1, -0.05) is 27.7 Å². The first kappa shape index (κ1) is 19.3. The Labute approximate surface area is 164 Å². The molecule has 4 heterocycles. The van der Waals surface area contributed by atoms with Crippen molar-refractivity contribution >= 4 is 0 Å². The molecule has 0 radical (unpaired) electrons. The Morgan fingerprint density at radius 1 is 0.821 bits per heavy atom. The average molecular weight is 376 g/mol. The molecule has 144 valence electrons. The maximum absolute atomic E-state index is 4.40. The Balaban J connectivity index is 0.000000161. The van der Waals surface area contributed by atoms with Gasteiger partial charge in [0.2, 0.25) is 0 Å². The molecule has 0 aliphatic carbocycles. The molecule has 8 heteroatoms. The highest BCUT2D eigenvalue weighted by Crippen LogP contribution is 2.18. The Morgan fingerprint density at radius 2 is 1.54 bits per heavy atom. The fourth-order valence-electron chi connectivity index (χ4n) is 2.55. The maximum Gasteiger partial charge on any atom is 0.250 e. The zero-order valence-electron chi connectivity index (χ0n) is 16.5. The van der Waals surface area contributed by atoms with Gasteiger partial charge < -0.3 is 0 Å². The highest BCUT2D eigenvalue weighted by atomic mass is 15.3. The number of hydrogen-bond donors (Lipinski definition) is 0. The molecule has 8 nitrogen and oxygen atoms in total. The molecule has 0 spiro atoms. The van der Waals surface area contributed by atoms with Crippen LogP contribution < -0.4 is 0 Å². The summed E-state index contributed by atoms with van der Waals surface area (Å²) in [6, 6.07) is 5.67. The molecule has 0 N–H and O–H groups in total. The zero-order chi connectivity index (χ0) is 19.9. The largest absolute Gasteiger partial charge is 0.250 e. The van der Waals surface area contributed by atoms with Gasteiger partial charge in [-0.2, -0.15) is 10.2 Å². The minimum Gasteiger partial charge on any atom is -0.243 e. The van der Waals surface area contributed by atoms with Gasteiger partial charge in [-0.15, -0.1) is 0 Å². The fourth-order valence-corrected chi connectivity index (χ4v) is 2.55. The SMILES string of the molecule is CC(C)c1ccnc(-n2cccn2)n1.CC(C)c1ncncc1-n1cccn1. The van der Waals surface area contributed by atoms with E-state index < -0.39 is 0 Å². The van der Waals surface area contributed by atoms with Crippen LogP contribution in [0.2, 0.25) is 0 Å². The van der Waals surface area contributed by atoms with E-state index in [2.05, 4.69) is 57.8 Å². The third-order valence-electron chi connectivity index (χ3n) is 3.99. The predicted molar refractivity (Wildman–Crippen MR) is 106 cm³/mol. The summed E-state index contributed by atoms with van der Waals surface area (Å²) in [7, 11) is 0. The first-order valence-electron chi connectivity index (χ1n) is 9.19. The topological polar surface area (TPSA) is 87.2 Å². The molecular weight excluding hydrogens is 352 g/mol. The quantitative estimate of drug-likeness (QED) is 0.541.